The van der Waals surface area contributed by atoms with Gasteiger partial charge in [-0.2, -0.15) is 13.2 Å². The molecule has 1 aliphatic carbocycles. The number of carbonyl (C=O) groups excluding carboxylic acids is 2. The van der Waals surface area contributed by atoms with Gasteiger partial charge in [-0.25, -0.2) is 0 Å². The molecule has 136 valence electrons. The largest absolute Gasteiger partial charge is 0.416 e. The Morgan fingerprint density at radius 3 is 2.64 bits per heavy atom. The summed E-state index contributed by atoms with van der Waals surface area (Å²) in [6.45, 7) is 0.890. The SMILES string of the molecule is O=C(NC1CC1)C1CCCN(C(=O)Cc2cccc(C(F)(F)F)c2)C1. The Morgan fingerprint density at radius 2 is 1.96 bits per heavy atom. The lowest BCUT2D eigenvalue weighted by atomic mass is 9.96. The number of likely N-dealkylation sites (tertiary alicyclic amines) is 1. The second-order valence-electron chi connectivity index (χ2n) is 6.84. The van der Waals surface area contributed by atoms with Crippen LogP contribution in [0.4, 0.5) is 13.2 Å². The molecule has 0 radical (unpaired) electrons. The molecule has 1 N–H and O–H groups in total. The first kappa shape index (κ1) is 17.8. The molecule has 2 fully saturated rings. The van der Waals surface area contributed by atoms with Gasteiger partial charge in [0.25, 0.3) is 0 Å². The molecule has 7 heteroatoms. The maximum atomic E-state index is 12.8. The minimum Gasteiger partial charge on any atom is -0.353 e. The van der Waals surface area contributed by atoms with Crippen LogP contribution in [0.25, 0.3) is 0 Å². The Bertz CT molecular complexity index is 656. The highest BCUT2D eigenvalue weighted by Crippen LogP contribution is 2.30. The fourth-order valence-corrected chi connectivity index (χ4v) is 3.11. The van der Waals surface area contributed by atoms with E-state index in [1.165, 1.54) is 12.1 Å². The first-order valence-electron chi connectivity index (χ1n) is 8.57. The summed E-state index contributed by atoms with van der Waals surface area (Å²) >= 11 is 0. The van der Waals surface area contributed by atoms with Gasteiger partial charge in [0.05, 0.1) is 17.9 Å². The van der Waals surface area contributed by atoms with Crippen LogP contribution in [0.3, 0.4) is 0 Å². The molecule has 1 saturated carbocycles. The van der Waals surface area contributed by atoms with E-state index in [1.54, 1.807) is 4.90 Å². The van der Waals surface area contributed by atoms with Crippen LogP contribution in [0.1, 0.15) is 36.8 Å². The van der Waals surface area contributed by atoms with Crippen molar-refractivity contribution in [1.82, 2.24) is 10.2 Å². The van der Waals surface area contributed by atoms with Crippen LogP contribution in [-0.4, -0.2) is 35.8 Å². The zero-order valence-corrected chi connectivity index (χ0v) is 13.8. The summed E-state index contributed by atoms with van der Waals surface area (Å²) in [7, 11) is 0. The maximum Gasteiger partial charge on any atom is 0.416 e. The third-order valence-electron chi connectivity index (χ3n) is 4.68. The number of halogens is 3. The number of hydrogen-bond donors (Lipinski definition) is 1. The van der Waals surface area contributed by atoms with Gasteiger partial charge < -0.3 is 10.2 Å². The molecule has 1 unspecified atom stereocenters. The number of alkyl halides is 3. The van der Waals surface area contributed by atoms with E-state index in [1.807, 2.05) is 0 Å². The summed E-state index contributed by atoms with van der Waals surface area (Å²) in [6, 6.07) is 5.12. The molecule has 1 heterocycles. The van der Waals surface area contributed by atoms with Gasteiger partial charge in [0.2, 0.25) is 11.8 Å². The predicted molar refractivity (Wildman–Crippen MR) is 85.6 cm³/mol. The molecule has 4 nitrogen and oxygen atoms in total. The summed E-state index contributed by atoms with van der Waals surface area (Å²) in [5.41, 5.74) is -0.414. The van der Waals surface area contributed by atoms with Gasteiger partial charge in [0.15, 0.2) is 0 Å². The molecule has 25 heavy (non-hydrogen) atoms. The summed E-state index contributed by atoms with van der Waals surface area (Å²) in [5, 5.41) is 2.95. The number of rotatable bonds is 4. The van der Waals surface area contributed by atoms with Gasteiger partial charge in [0, 0.05) is 19.1 Å². The second kappa shape index (κ2) is 7.06. The Balaban J connectivity index is 1.59. The Kier molecular flexibility index (Phi) is 5.01. The molecule has 0 bridgehead atoms. The highest BCUT2D eigenvalue weighted by Gasteiger charge is 2.33. The van der Waals surface area contributed by atoms with Crippen LogP contribution in [0.5, 0.6) is 0 Å². The number of nitrogens with one attached hydrogen (secondary N) is 1. The number of piperidine rings is 1. The molecule has 2 aliphatic rings. The van der Waals surface area contributed by atoms with Crippen molar-refractivity contribution in [3.8, 4) is 0 Å². The fourth-order valence-electron chi connectivity index (χ4n) is 3.11. The highest BCUT2D eigenvalue weighted by molar-refractivity contribution is 5.82. The lowest BCUT2D eigenvalue weighted by Gasteiger charge is -2.32. The molecule has 0 aromatic heterocycles. The predicted octanol–water partition coefficient (Wildman–Crippen LogP) is 2.77. The van der Waals surface area contributed by atoms with Crippen LogP contribution in [0, 0.1) is 5.92 Å². The van der Waals surface area contributed by atoms with Crippen molar-refractivity contribution in [2.75, 3.05) is 13.1 Å². The van der Waals surface area contributed by atoms with Crippen molar-refractivity contribution >= 4 is 11.8 Å². The van der Waals surface area contributed by atoms with E-state index in [0.29, 0.717) is 18.7 Å². The van der Waals surface area contributed by atoms with Gasteiger partial charge in [-0.15, -0.1) is 0 Å². The van der Waals surface area contributed by atoms with Crippen molar-refractivity contribution in [3.63, 3.8) is 0 Å². The van der Waals surface area contributed by atoms with Crippen molar-refractivity contribution in [3.05, 3.63) is 35.4 Å². The van der Waals surface area contributed by atoms with Crippen molar-refractivity contribution in [2.45, 2.75) is 44.3 Å². The van der Waals surface area contributed by atoms with Crippen molar-refractivity contribution in [2.24, 2.45) is 5.92 Å². The summed E-state index contributed by atoms with van der Waals surface area (Å²) in [4.78, 5) is 26.2. The molecule has 1 aromatic rings. The van der Waals surface area contributed by atoms with Crippen LogP contribution in [0.15, 0.2) is 24.3 Å². The standard InChI is InChI=1S/C18H21F3N2O2/c19-18(20,21)14-5-1-3-12(9-14)10-16(24)23-8-2-4-13(11-23)17(25)22-15-6-7-15/h1,3,5,9,13,15H,2,4,6-8,10-11H2,(H,22,25). The van der Waals surface area contributed by atoms with Crippen molar-refractivity contribution in [1.29, 1.82) is 0 Å². The normalized spacial score (nSPS) is 21.1. The monoisotopic (exact) mass is 354 g/mol. The van der Waals surface area contributed by atoms with Gasteiger partial charge in [-0.05, 0) is 37.3 Å². The Labute approximate surface area is 144 Å². The molecular weight excluding hydrogens is 333 g/mol. The lowest BCUT2D eigenvalue weighted by Crippen LogP contribution is -2.46. The first-order chi connectivity index (χ1) is 11.8. The van der Waals surface area contributed by atoms with Crippen LogP contribution >= 0.6 is 0 Å². The van der Waals surface area contributed by atoms with E-state index in [0.717, 1.165) is 37.8 Å². The van der Waals surface area contributed by atoms with Crippen molar-refractivity contribution < 1.29 is 22.8 Å². The molecule has 1 aliphatic heterocycles. The van der Waals surface area contributed by atoms with Crippen LogP contribution in [0.2, 0.25) is 0 Å². The third-order valence-corrected chi connectivity index (χ3v) is 4.68. The topological polar surface area (TPSA) is 49.4 Å². The molecule has 1 aromatic carbocycles. The van der Waals surface area contributed by atoms with Gasteiger partial charge in [-0.3, -0.25) is 9.59 Å². The maximum absolute atomic E-state index is 12.8. The number of benzene rings is 1. The Morgan fingerprint density at radius 1 is 1.20 bits per heavy atom. The molecule has 0 spiro atoms. The van der Waals surface area contributed by atoms with E-state index in [2.05, 4.69) is 5.32 Å². The van der Waals surface area contributed by atoms with Gasteiger partial charge in [0.1, 0.15) is 0 Å². The van der Waals surface area contributed by atoms with E-state index in [-0.39, 0.29) is 30.2 Å². The van der Waals surface area contributed by atoms with Crippen LogP contribution < -0.4 is 5.32 Å². The lowest BCUT2D eigenvalue weighted by molar-refractivity contribution is -0.138. The minimum absolute atomic E-state index is 0.0148. The zero-order chi connectivity index (χ0) is 18.0. The molecular formula is C18H21F3N2O2. The molecule has 2 amide bonds. The number of nitrogens with zero attached hydrogens (tertiary/aromatic N) is 1. The second-order valence-corrected chi connectivity index (χ2v) is 6.84. The van der Waals surface area contributed by atoms with Gasteiger partial charge in [-0.1, -0.05) is 18.2 Å². The van der Waals surface area contributed by atoms with E-state index >= 15 is 0 Å². The van der Waals surface area contributed by atoms with E-state index < -0.39 is 11.7 Å². The zero-order valence-electron chi connectivity index (χ0n) is 13.8. The van der Waals surface area contributed by atoms with Crippen LogP contribution in [-0.2, 0) is 22.2 Å². The first-order valence-corrected chi connectivity index (χ1v) is 8.57. The third kappa shape index (κ3) is 4.74. The number of carbonyl (C=O) groups is 2. The average molecular weight is 354 g/mol. The quantitative estimate of drug-likeness (QED) is 0.904. The van der Waals surface area contributed by atoms with Gasteiger partial charge >= 0.3 is 6.18 Å². The van der Waals surface area contributed by atoms with E-state index in [9.17, 15) is 22.8 Å². The minimum atomic E-state index is -4.42. The highest BCUT2D eigenvalue weighted by atomic mass is 19.4. The summed E-state index contributed by atoms with van der Waals surface area (Å²) in [6.07, 6.45) is -1.01. The molecule has 3 rings (SSSR count). The molecule has 1 atom stereocenters. The smallest absolute Gasteiger partial charge is 0.353 e. The summed E-state index contributed by atoms with van der Waals surface area (Å²) < 4.78 is 38.3. The van der Waals surface area contributed by atoms with E-state index in [4.69, 9.17) is 0 Å². The molecule has 1 saturated heterocycles. The average Bonchev–Trinajstić information content (AvgIpc) is 3.38. The number of amides is 2. The summed E-state index contributed by atoms with van der Waals surface area (Å²) in [5.74, 6) is -0.470. The fraction of sp³-hybridized carbons (Fsp3) is 0.556. The number of hydrogen-bond acceptors (Lipinski definition) is 2. The Hall–Kier alpha value is -2.05.